The Morgan fingerprint density at radius 1 is 0.632 bits per heavy atom. The monoisotopic (exact) mass is 268 g/mol. The van der Waals surface area contributed by atoms with Gasteiger partial charge in [-0.25, -0.2) is 0 Å². The van der Waals surface area contributed by atoms with Gasteiger partial charge >= 0.3 is 0 Å². The zero-order valence-electron chi connectivity index (χ0n) is 12.4. The zero-order chi connectivity index (χ0) is 13.5. The van der Waals surface area contributed by atoms with Crippen LogP contribution < -0.4 is 0 Å². The minimum atomic E-state index is -0.276. The average Bonchev–Trinajstić information content (AvgIpc) is 2.40. The van der Waals surface area contributed by atoms with Crippen LogP contribution in [0.4, 0.5) is 0 Å². The van der Waals surface area contributed by atoms with E-state index in [0.717, 1.165) is 12.8 Å². The van der Waals surface area contributed by atoms with E-state index in [0.29, 0.717) is 18.3 Å². The van der Waals surface area contributed by atoms with Crippen molar-refractivity contribution in [3.63, 3.8) is 0 Å². The highest BCUT2D eigenvalue weighted by molar-refractivity contribution is 4.75. The summed E-state index contributed by atoms with van der Waals surface area (Å²) in [6.45, 7) is 0. The van der Waals surface area contributed by atoms with Crippen LogP contribution in [0, 0.1) is 11.8 Å². The van der Waals surface area contributed by atoms with Crippen molar-refractivity contribution in [3.8, 4) is 0 Å². The van der Waals surface area contributed by atoms with Crippen molar-refractivity contribution >= 4 is 0 Å². The van der Waals surface area contributed by atoms with Gasteiger partial charge in [0, 0.05) is 0 Å². The van der Waals surface area contributed by atoms with Gasteiger partial charge in [-0.3, -0.25) is 0 Å². The van der Waals surface area contributed by atoms with E-state index in [-0.39, 0.29) is 12.2 Å². The van der Waals surface area contributed by atoms with Crippen LogP contribution in [0.15, 0.2) is 0 Å². The van der Waals surface area contributed by atoms with Crippen LogP contribution in [0.5, 0.6) is 0 Å². The predicted octanol–water partition coefficient (Wildman–Crippen LogP) is 4.04. The van der Waals surface area contributed by atoms with Crippen molar-refractivity contribution in [1.82, 2.24) is 0 Å². The Bertz CT molecular complexity index is 205. The largest absolute Gasteiger partial charge is 0.393 e. The topological polar surface area (TPSA) is 40.5 Å². The van der Waals surface area contributed by atoms with Crippen molar-refractivity contribution in [1.29, 1.82) is 0 Å². The minimum absolute atomic E-state index is 0.276. The van der Waals surface area contributed by atoms with Gasteiger partial charge in [-0.05, 0) is 31.1 Å². The molecule has 0 spiro atoms. The molecule has 2 rings (SSSR count). The molecule has 0 bridgehead atoms. The molecule has 0 aromatic carbocycles. The lowest BCUT2D eigenvalue weighted by Gasteiger charge is -2.27. The Kier molecular flexibility index (Phi) is 6.66. The molecule has 2 unspecified atom stereocenters. The van der Waals surface area contributed by atoms with Crippen LogP contribution in [0.3, 0.4) is 0 Å². The van der Waals surface area contributed by atoms with Crippen LogP contribution >= 0.6 is 0 Å². The molecule has 2 N–H and O–H groups in total. The first-order valence-corrected chi connectivity index (χ1v) is 8.60. The van der Waals surface area contributed by atoms with Crippen LogP contribution in [0.1, 0.15) is 83.5 Å². The SMILES string of the molecule is OC(CC(O)CC1CCCCC1)CC1CCCCC1. The third kappa shape index (κ3) is 5.83. The first kappa shape index (κ1) is 15.3. The number of aliphatic hydroxyl groups is 2. The first-order chi connectivity index (χ1) is 9.24. The quantitative estimate of drug-likeness (QED) is 0.763. The van der Waals surface area contributed by atoms with E-state index in [4.69, 9.17) is 0 Å². The zero-order valence-corrected chi connectivity index (χ0v) is 12.4. The summed E-state index contributed by atoms with van der Waals surface area (Å²) in [4.78, 5) is 0. The van der Waals surface area contributed by atoms with Gasteiger partial charge in [0.15, 0.2) is 0 Å². The van der Waals surface area contributed by atoms with Crippen LogP contribution in [-0.4, -0.2) is 22.4 Å². The molecule has 0 aliphatic heterocycles. The third-order valence-electron chi connectivity index (χ3n) is 5.20. The van der Waals surface area contributed by atoms with Gasteiger partial charge in [0.2, 0.25) is 0 Å². The predicted molar refractivity (Wildman–Crippen MR) is 79.0 cm³/mol. The molecule has 112 valence electrons. The fourth-order valence-electron chi connectivity index (χ4n) is 4.12. The number of hydrogen-bond donors (Lipinski definition) is 2. The summed E-state index contributed by atoms with van der Waals surface area (Å²) in [6.07, 6.45) is 15.1. The summed E-state index contributed by atoms with van der Waals surface area (Å²) in [5.41, 5.74) is 0. The molecule has 2 aliphatic carbocycles. The number of aliphatic hydroxyl groups excluding tert-OH is 2. The number of hydrogen-bond acceptors (Lipinski definition) is 2. The van der Waals surface area contributed by atoms with E-state index in [1.165, 1.54) is 64.2 Å². The summed E-state index contributed by atoms with van der Waals surface area (Å²) in [5, 5.41) is 20.3. The third-order valence-corrected chi connectivity index (χ3v) is 5.20. The lowest BCUT2D eigenvalue weighted by Crippen LogP contribution is -2.24. The molecule has 0 amide bonds. The lowest BCUT2D eigenvalue weighted by molar-refractivity contribution is 0.0458. The Morgan fingerprint density at radius 3 is 1.37 bits per heavy atom. The fourth-order valence-corrected chi connectivity index (χ4v) is 4.12. The highest BCUT2D eigenvalue weighted by Gasteiger charge is 2.22. The van der Waals surface area contributed by atoms with E-state index < -0.39 is 0 Å². The van der Waals surface area contributed by atoms with Crippen molar-refractivity contribution < 1.29 is 10.2 Å². The molecule has 19 heavy (non-hydrogen) atoms. The molecular weight excluding hydrogens is 236 g/mol. The second-order valence-corrected chi connectivity index (χ2v) is 7.02. The van der Waals surface area contributed by atoms with E-state index >= 15 is 0 Å². The minimum Gasteiger partial charge on any atom is -0.393 e. The van der Waals surface area contributed by atoms with Crippen LogP contribution in [0.2, 0.25) is 0 Å². The maximum atomic E-state index is 10.1. The van der Waals surface area contributed by atoms with Crippen LogP contribution in [-0.2, 0) is 0 Å². The molecule has 0 aromatic rings. The molecular formula is C17H32O2. The highest BCUT2D eigenvalue weighted by atomic mass is 16.3. The van der Waals surface area contributed by atoms with Gasteiger partial charge in [0.25, 0.3) is 0 Å². The molecule has 0 radical (unpaired) electrons. The Morgan fingerprint density at radius 2 is 1.00 bits per heavy atom. The van der Waals surface area contributed by atoms with E-state index in [1.807, 2.05) is 0 Å². The van der Waals surface area contributed by atoms with Crippen molar-refractivity contribution in [2.45, 2.75) is 95.7 Å². The molecule has 0 heterocycles. The standard InChI is InChI=1S/C17H32O2/c18-16(11-14-7-3-1-4-8-14)13-17(19)12-15-9-5-2-6-10-15/h14-19H,1-13H2. The van der Waals surface area contributed by atoms with E-state index in [1.54, 1.807) is 0 Å². The van der Waals surface area contributed by atoms with Crippen molar-refractivity contribution in [2.75, 3.05) is 0 Å². The van der Waals surface area contributed by atoms with Gasteiger partial charge in [-0.2, -0.15) is 0 Å². The van der Waals surface area contributed by atoms with Crippen molar-refractivity contribution in [3.05, 3.63) is 0 Å². The lowest BCUT2D eigenvalue weighted by atomic mass is 9.82. The summed E-state index contributed by atoms with van der Waals surface area (Å²) >= 11 is 0. The Balaban J connectivity index is 1.61. The average molecular weight is 268 g/mol. The van der Waals surface area contributed by atoms with Crippen LogP contribution in [0.25, 0.3) is 0 Å². The Labute approximate surface area is 118 Å². The molecule has 2 heteroatoms. The molecule has 0 aromatic heterocycles. The molecule has 2 fully saturated rings. The summed E-state index contributed by atoms with van der Waals surface area (Å²) in [7, 11) is 0. The van der Waals surface area contributed by atoms with Gasteiger partial charge < -0.3 is 10.2 Å². The summed E-state index contributed by atoms with van der Waals surface area (Å²) in [6, 6.07) is 0. The van der Waals surface area contributed by atoms with Gasteiger partial charge in [0.05, 0.1) is 12.2 Å². The second-order valence-electron chi connectivity index (χ2n) is 7.02. The molecule has 2 atom stereocenters. The van der Waals surface area contributed by atoms with Gasteiger partial charge in [-0.1, -0.05) is 64.2 Å². The normalized spacial score (nSPS) is 26.2. The van der Waals surface area contributed by atoms with E-state index in [2.05, 4.69) is 0 Å². The fraction of sp³-hybridized carbons (Fsp3) is 1.00. The highest BCUT2D eigenvalue weighted by Crippen LogP contribution is 2.30. The smallest absolute Gasteiger partial charge is 0.0567 e. The summed E-state index contributed by atoms with van der Waals surface area (Å²) < 4.78 is 0. The first-order valence-electron chi connectivity index (χ1n) is 8.60. The van der Waals surface area contributed by atoms with Gasteiger partial charge in [-0.15, -0.1) is 0 Å². The molecule has 2 aliphatic rings. The molecule has 2 saturated carbocycles. The van der Waals surface area contributed by atoms with Crippen molar-refractivity contribution in [2.24, 2.45) is 11.8 Å². The molecule has 2 nitrogen and oxygen atoms in total. The maximum absolute atomic E-state index is 10.1. The number of rotatable bonds is 6. The Hall–Kier alpha value is -0.0800. The second kappa shape index (κ2) is 8.26. The van der Waals surface area contributed by atoms with Gasteiger partial charge in [0.1, 0.15) is 0 Å². The molecule has 0 saturated heterocycles. The van der Waals surface area contributed by atoms with E-state index in [9.17, 15) is 10.2 Å². The summed E-state index contributed by atoms with van der Waals surface area (Å²) in [5.74, 6) is 1.43. The maximum Gasteiger partial charge on any atom is 0.0567 e.